The van der Waals surface area contributed by atoms with Crippen molar-refractivity contribution in [2.75, 3.05) is 20.1 Å². The highest BCUT2D eigenvalue weighted by Gasteiger charge is 2.22. The normalized spacial score (nSPS) is 14.5. The molecule has 7 heteroatoms. The molecule has 0 aliphatic heterocycles. The second-order valence-electron chi connectivity index (χ2n) is 8.00. The number of thiophene rings is 1. The maximum Gasteiger partial charge on any atom is 0.262 e. The highest BCUT2D eigenvalue weighted by Crippen LogP contribution is 2.33. The van der Waals surface area contributed by atoms with Crippen LogP contribution in [0.1, 0.15) is 43.6 Å². The minimum atomic E-state index is -0.114. The fourth-order valence-electron chi connectivity index (χ4n) is 3.54. The fourth-order valence-corrected chi connectivity index (χ4v) is 4.76. The van der Waals surface area contributed by atoms with E-state index in [0.717, 1.165) is 29.5 Å². The number of nitrogens with zero attached hydrogens (tertiary/aromatic N) is 3. The van der Waals surface area contributed by atoms with Gasteiger partial charge in [-0.1, -0.05) is 13.8 Å². The molecule has 1 amide bonds. The Morgan fingerprint density at radius 1 is 1.38 bits per heavy atom. The molecule has 0 spiro atoms. The number of amides is 1. The number of aryl methyl sites for hydroxylation is 3. The smallest absolute Gasteiger partial charge is 0.262 e. The predicted molar refractivity (Wildman–Crippen MR) is 106 cm³/mol. The Morgan fingerprint density at radius 2 is 2.12 bits per heavy atom. The second-order valence-corrected chi connectivity index (χ2v) is 9.09. The van der Waals surface area contributed by atoms with Crippen LogP contribution in [0, 0.1) is 5.41 Å². The van der Waals surface area contributed by atoms with Crippen molar-refractivity contribution in [1.29, 1.82) is 0 Å². The van der Waals surface area contributed by atoms with Crippen LogP contribution in [0.25, 0.3) is 10.2 Å². The summed E-state index contributed by atoms with van der Waals surface area (Å²) in [5.74, 6) is 0.0193. The first-order chi connectivity index (χ1) is 12.3. The summed E-state index contributed by atoms with van der Waals surface area (Å²) in [6.45, 7) is 5.57. The number of nitrogens with two attached hydrogens (primary N) is 1. The topological polar surface area (TPSA) is 81.2 Å². The maximum atomic E-state index is 12.9. The molecule has 142 valence electrons. The van der Waals surface area contributed by atoms with Crippen LogP contribution in [-0.2, 0) is 24.2 Å². The summed E-state index contributed by atoms with van der Waals surface area (Å²) in [4.78, 5) is 33.7. The van der Waals surface area contributed by atoms with Crippen molar-refractivity contribution in [2.24, 2.45) is 11.1 Å². The van der Waals surface area contributed by atoms with Crippen molar-refractivity contribution in [2.45, 2.75) is 52.5 Å². The van der Waals surface area contributed by atoms with Gasteiger partial charge in [-0.3, -0.25) is 14.2 Å². The predicted octanol–water partition coefficient (Wildman–Crippen LogP) is 2.17. The SMILES string of the molecule is CN(CC(C)(C)CN)C(=O)CCn1cnc2sc3c(c2c1=O)CCCC3. The molecule has 0 unspecified atom stereocenters. The van der Waals surface area contributed by atoms with E-state index in [2.05, 4.69) is 4.98 Å². The molecule has 0 atom stereocenters. The monoisotopic (exact) mass is 376 g/mol. The van der Waals surface area contributed by atoms with Crippen LogP contribution in [0.3, 0.4) is 0 Å². The molecule has 3 rings (SSSR count). The second kappa shape index (κ2) is 7.48. The molecule has 0 bridgehead atoms. The van der Waals surface area contributed by atoms with E-state index in [4.69, 9.17) is 5.73 Å². The summed E-state index contributed by atoms with van der Waals surface area (Å²) >= 11 is 1.65. The summed E-state index contributed by atoms with van der Waals surface area (Å²) < 4.78 is 1.59. The van der Waals surface area contributed by atoms with Crippen molar-refractivity contribution in [1.82, 2.24) is 14.5 Å². The Kier molecular flexibility index (Phi) is 5.48. The standard InChI is InChI=1S/C19H28N4O2S/c1-19(2,10-20)11-22(3)15(24)8-9-23-12-21-17-16(18(23)25)13-6-4-5-7-14(13)26-17/h12H,4-11,20H2,1-3H3. The summed E-state index contributed by atoms with van der Waals surface area (Å²) in [5, 5.41) is 0.775. The van der Waals surface area contributed by atoms with Gasteiger partial charge in [0.15, 0.2) is 0 Å². The van der Waals surface area contributed by atoms with E-state index in [0.29, 0.717) is 19.6 Å². The highest BCUT2D eigenvalue weighted by atomic mass is 32.1. The summed E-state index contributed by atoms with van der Waals surface area (Å²) in [7, 11) is 1.79. The zero-order chi connectivity index (χ0) is 18.9. The van der Waals surface area contributed by atoms with E-state index >= 15 is 0 Å². The lowest BCUT2D eigenvalue weighted by Crippen LogP contribution is -2.40. The molecule has 2 aromatic heterocycles. The fraction of sp³-hybridized carbons (Fsp3) is 0.632. The van der Waals surface area contributed by atoms with Crippen molar-refractivity contribution < 1.29 is 4.79 Å². The number of rotatable bonds is 6. The number of carbonyl (C=O) groups is 1. The summed E-state index contributed by atoms with van der Waals surface area (Å²) in [6.07, 6.45) is 6.21. The van der Waals surface area contributed by atoms with Crippen molar-refractivity contribution in [3.8, 4) is 0 Å². The van der Waals surface area contributed by atoms with Crippen molar-refractivity contribution in [3.05, 3.63) is 27.1 Å². The number of hydrogen-bond acceptors (Lipinski definition) is 5. The van der Waals surface area contributed by atoms with Crippen molar-refractivity contribution in [3.63, 3.8) is 0 Å². The zero-order valence-corrected chi connectivity index (χ0v) is 16.7. The third kappa shape index (κ3) is 3.83. The third-order valence-corrected chi connectivity index (χ3v) is 6.35. The van der Waals surface area contributed by atoms with Gasteiger partial charge >= 0.3 is 0 Å². The molecule has 0 saturated heterocycles. The number of aromatic nitrogens is 2. The Labute approximate surface area is 158 Å². The lowest BCUT2D eigenvalue weighted by Gasteiger charge is -2.29. The Balaban J connectivity index is 1.74. The van der Waals surface area contributed by atoms with Gasteiger partial charge in [0, 0.05) is 31.4 Å². The van der Waals surface area contributed by atoms with Crippen LogP contribution in [0.4, 0.5) is 0 Å². The van der Waals surface area contributed by atoms with E-state index in [1.54, 1.807) is 34.2 Å². The molecule has 2 N–H and O–H groups in total. The zero-order valence-electron chi connectivity index (χ0n) is 15.9. The quantitative estimate of drug-likeness (QED) is 0.838. The Bertz CT molecular complexity index is 868. The van der Waals surface area contributed by atoms with E-state index in [1.165, 1.54) is 16.9 Å². The van der Waals surface area contributed by atoms with Gasteiger partial charge in [-0.25, -0.2) is 4.98 Å². The Morgan fingerprint density at radius 3 is 2.85 bits per heavy atom. The van der Waals surface area contributed by atoms with E-state index < -0.39 is 0 Å². The summed E-state index contributed by atoms with van der Waals surface area (Å²) in [5.41, 5.74) is 6.82. The summed E-state index contributed by atoms with van der Waals surface area (Å²) in [6, 6.07) is 0. The third-order valence-electron chi connectivity index (χ3n) is 5.15. The van der Waals surface area contributed by atoms with Gasteiger partial charge in [0.25, 0.3) is 5.56 Å². The largest absolute Gasteiger partial charge is 0.345 e. The molecule has 0 saturated carbocycles. The Hall–Kier alpha value is -1.73. The molecule has 1 aliphatic rings. The molecule has 0 fully saturated rings. The lowest BCUT2D eigenvalue weighted by atomic mass is 9.93. The molecular weight excluding hydrogens is 348 g/mol. The van der Waals surface area contributed by atoms with Crippen LogP contribution in [0.15, 0.2) is 11.1 Å². The maximum absolute atomic E-state index is 12.9. The average Bonchev–Trinajstić information content (AvgIpc) is 2.99. The molecule has 6 nitrogen and oxygen atoms in total. The average molecular weight is 377 g/mol. The van der Waals surface area contributed by atoms with Gasteiger partial charge in [-0.15, -0.1) is 11.3 Å². The van der Waals surface area contributed by atoms with Gasteiger partial charge in [0.05, 0.1) is 11.7 Å². The van der Waals surface area contributed by atoms with Gasteiger partial charge in [-0.05, 0) is 43.2 Å². The minimum absolute atomic E-state index is 0.00728. The number of hydrogen-bond donors (Lipinski definition) is 1. The van der Waals surface area contributed by atoms with Gasteiger partial charge < -0.3 is 10.6 Å². The molecule has 26 heavy (non-hydrogen) atoms. The van der Waals surface area contributed by atoms with E-state index in [9.17, 15) is 9.59 Å². The number of fused-ring (bicyclic) bond motifs is 3. The van der Waals surface area contributed by atoms with Gasteiger partial charge in [-0.2, -0.15) is 0 Å². The molecule has 1 aliphatic carbocycles. The van der Waals surface area contributed by atoms with E-state index in [1.807, 2.05) is 13.8 Å². The van der Waals surface area contributed by atoms with Crippen LogP contribution in [-0.4, -0.2) is 40.5 Å². The van der Waals surface area contributed by atoms with Crippen LogP contribution >= 0.6 is 11.3 Å². The molecule has 2 aromatic rings. The molecular formula is C19H28N4O2S. The molecule has 0 radical (unpaired) electrons. The first-order valence-electron chi connectivity index (χ1n) is 9.26. The first-order valence-corrected chi connectivity index (χ1v) is 10.1. The van der Waals surface area contributed by atoms with Crippen molar-refractivity contribution >= 4 is 27.5 Å². The first kappa shape index (κ1) is 19.0. The van der Waals surface area contributed by atoms with Gasteiger partial charge in [0.1, 0.15) is 4.83 Å². The molecule has 0 aromatic carbocycles. The van der Waals surface area contributed by atoms with Crippen LogP contribution < -0.4 is 11.3 Å². The minimum Gasteiger partial charge on any atom is -0.345 e. The van der Waals surface area contributed by atoms with Crippen LogP contribution in [0.2, 0.25) is 0 Å². The van der Waals surface area contributed by atoms with Gasteiger partial charge in [0.2, 0.25) is 5.91 Å². The number of carbonyl (C=O) groups excluding carboxylic acids is 1. The lowest BCUT2D eigenvalue weighted by molar-refractivity contribution is -0.131. The van der Waals surface area contributed by atoms with E-state index in [-0.39, 0.29) is 23.3 Å². The highest BCUT2D eigenvalue weighted by molar-refractivity contribution is 7.18. The van der Waals surface area contributed by atoms with Crippen LogP contribution in [0.5, 0.6) is 0 Å². The molecule has 2 heterocycles.